The quantitative estimate of drug-likeness (QED) is 0.719. The van der Waals surface area contributed by atoms with E-state index in [1.807, 2.05) is 61.8 Å². The molecule has 4 heteroatoms. The second-order valence-electron chi connectivity index (χ2n) is 4.70. The molecule has 1 aromatic carbocycles. The molecule has 3 rings (SSSR count). The second kappa shape index (κ2) is 5.63. The standard InChI is InChI=1S/C17H16N4/c1-19-13-6-7-15(18)14(10-13)12-5-8-17(21-11-12)16-4-2-3-9-20-16/h2-11,19H,18H2,1H3. The van der Waals surface area contributed by atoms with Crippen LogP contribution in [0.2, 0.25) is 0 Å². The molecule has 0 fully saturated rings. The lowest BCUT2D eigenvalue weighted by Crippen LogP contribution is -1.94. The lowest BCUT2D eigenvalue weighted by atomic mass is 10.0. The van der Waals surface area contributed by atoms with Gasteiger partial charge in [-0.3, -0.25) is 9.97 Å². The van der Waals surface area contributed by atoms with Crippen molar-refractivity contribution >= 4 is 11.4 Å². The van der Waals surface area contributed by atoms with Gasteiger partial charge in [-0.25, -0.2) is 0 Å². The molecular formula is C17H16N4. The predicted octanol–water partition coefficient (Wildman–Crippen LogP) is 3.43. The van der Waals surface area contributed by atoms with Crippen LogP contribution < -0.4 is 11.1 Å². The summed E-state index contributed by atoms with van der Waals surface area (Å²) in [7, 11) is 1.89. The van der Waals surface area contributed by atoms with E-state index >= 15 is 0 Å². The third kappa shape index (κ3) is 2.69. The Morgan fingerprint density at radius 1 is 0.952 bits per heavy atom. The fraction of sp³-hybridized carbons (Fsp3) is 0.0588. The van der Waals surface area contributed by atoms with E-state index in [0.29, 0.717) is 0 Å². The first kappa shape index (κ1) is 13.1. The van der Waals surface area contributed by atoms with Gasteiger partial charge in [-0.05, 0) is 36.4 Å². The van der Waals surface area contributed by atoms with E-state index in [1.165, 1.54) is 0 Å². The first-order valence-corrected chi connectivity index (χ1v) is 6.73. The van der Waals surface area contributed by atoms with Crippen molar-refractivity contribution in [1.29, 1.82) is 0 Å². The summed E-state index contributed by atoms with van der Waals surface area (Å²) < 4.78 is 0. The minimum atomic E-state index is 0.737. The Labute approximate surface area is 123 Å². The van der Waals surface area contributed by atoms with Crippen LogP contribution in [-0.4, -0.2) is 17.0 Å². The molecule has 3 N–H and O–H groups in total. The van der Waals surface area contributed by atoms with Crippen LogP contribution in [0.3, 0.4) is 0 Å². The molecule has 2 heterocycles. The second-order valence-corrected chi connectivity index (χ2v) is 4.70. The Morgan fingerprint density at radius 3 is 2.48 bits per heavy atom. The molecule has 0 saturated heterocycles. The van der Waals surface area contributed by atoms with Crippen LogP contribution in [-0.2, 0) is 0 Å². The van der Waals surface area contributed by atoms with Gasteiger partial charge in [-0.1, -0.05) is 12.1 Å². The minimum absolute atomic E-state index is 0.737. The molecule has 0 amide bonds. The van der Waals surface area contributed by atoms with Crippen LogP contribution in [0.5, 0.6) is 0 Å². The first-order valence-electron chi connectivity index (χ1n) is 6.73. The van der Waals surface area contributed by atoms with Crippen LogP contribution in [0.15, 0.2) is 60.9 Å². The van der Waals surface area contributed by atoms with E-state index in [4.69, 9.17) is 5.73 Å². The van der Waals surface area contributed by atoms with Gasteiger partial charge < -0.3 is 11.1 Å². The van der Waals surface area contributed by atoms with E-state index in [9.17, 15) is 0 Å². The zero-order valence-corrected chi connectivity index (χ0v) is 11.7. The predicted molar refractivity (Wildman–Crippen MR) is 86.9 cm³/mol. The van der Waals surface area contributed by atoms with E-state index < -0.39 is 0 Å². The van der Waals surface area contributed by atoms with Crippen molar-refractivity contribution in [2.75, 3.05) is 18.1 Å². The lowest BCUT2D eigenvalue weighted by molar-refractivity contribution is 1.25. The highest BCUT2D eigenvalue weighted by atomic mass is 14.8. The maximum Gasteiger partial charge on any atom is 0.0886 e. The summed E-state index contributed by atoms with van der Waals surface area (Å²) in [5.41, 5.74) is 11.5. The van der Waals surface area contributed by atoms with Gasteiger partial charge in [-0.2, -0.15) is 0 Å². The molecule has 0 atom stereocenters. The van der Waals surface area contributed by atoms with Gasteiger partial charge in [0, 0.05) is 41.9 Å². The van der Waals surface area contributed by atoms with Gasteiger partial charge >= 0.3 is 0 Å². The number of aromatic nitrogens is 2. The van der Waals surface area contributed by atoms with Gasteiger partial charge in [0.05, 0.1) is 11.4 Å². The average Bonchev–Trinajstić information content (AvgIpc) is 2.56. The highest BCUT2D eigenvalue weighted by Gasteiger charge is 2.06. The van der Waals surface area contributed by atoms with Crippen molar-refractivity contribution in [2.45, 2.75) is 0 Å². The fourth-order valence-electron chi connectivity index (χ4n) is 2.18. The van der Waals surface area contributed by atoms with Gasteiger partial charge in [0.15, 0.2) is 0 Å². The van der Waals surface area contributed by atoms with Crippen LogP contribution in [0.1, 0.15) is 0 Å². The summed E-state index contributed by atoms with van der Waals surface area (Å²) in [5.74, 6) is 0. The Morgan fingerprint density at radius 2 is 1.81 bits per heavy atom. The SMILES string of the molecule is CNc1ccc(N)c(-c2ccc(-c3ccccn3)nc2)c1. The number of benzene rings is 1. The van der Waals surface area contributed by atoms with Gasteiger partial charge in [0.1, 0.15) is 0 Å². The normalized spacial score (nSPS) is 10.3. The topological polar surface area (TPSA) is 63.8 Å². The number of anilines is 2. The number of nitrogen functional groups attached to an aromatic ring is 1. The number of pyridine rings is 2. The molecule has 3 aromatic rings. The fourth-order valence-corrected chi connectivity index (χ4v) is 2.18. The number of rotatable bonds is 3. The number of hydrogen-bond donors (Lipinski definition) is 2. The van der Waals surface area contributed by atoms with E-state index in [1.54, 1.807) is 6.20 Å². The Hall–Kier alpha value is -2.88. The van der Waals surface area contributed by atoms with Crippen molar-refractivity contribution in [1.82, 2.24) is 9.97 Å². The largest absolute Gasteiger partial charge is 0.398 e. The summed E-state index contributed by atoms with van der Waals surface area (Å²) >= 11 is 0. The molecule has 0 aliphatic carbocycles. The third-order valence-electron chi connectivity index (χ3n) is 3.34. The van der Waals surface area contributed by atoms with Crippen molar-refractivity contribution in [2.24, 2.45) is 0 Å². The number of hydrogen-bond acceptors (Lipinski definition) is 4. The molecule has 0 aliphatic heterocycles. The van der Waals surface area contributed by atoms with Crippen LogP contribution in [0, 0.1) is 0 Å². The Balaban J connectivity index is 1.98. The number of nitrogens with one attached hydrogen (secondary N) is 1. The molecule has 0 radical (unpaired) electrons. The maximum absolute atomic E-state index is 6.06. The Bertz CT molecular complexity index is 736. The molecule has 104 valence electrons. The van der Waals surface area contributed by atoms with Crippen LogP contribution in [0.25, 0.3) is 22.5 Å². The van der Waals surface area contributed by atoms with Gasteiger partial charge in [-0.15, -0.1) is 0 Å². The first-order chi connectivity index (χ1) is 10.3. The maximum atomic E-state index is 6.06. The minimum Gasteiger partial charge on any atom is -0.398 e. The zero-order valence-electron chi connectivity index (χ0n) is 11.7. The van der Waals surface area contributed by atoms with Crippen LogP contribution in [0.4, 0.5) is 11.4 Å². The highest BCUT2D eigenvalue weighted by Crippen LogP contribution is 2.29. The summed E-state index contributed by atoms with van der Waals surface area (Å²) in [6.45, 7) is 0. The lowest BCUT2D eigenvalue weighted by Gasteiger charge is -2.09. The molecule has 21 heavy (non-hydrogen) atoms. The molecule has 0 aliphatic rings. The van der Waals surface area contributed by atoms with Crippen molar-refractivity contribution < 1.29 is 0 Å². The molecule has 4 nitrogen and oxygen atoms in total. The molecule has 2 aromatic heterocycles. The highest BCUT2D eigenvalue weighted by molar-refractivity contribution is 5.79. The third-order valence-corrected chi connectivity index (χ3v) is 3.34. The summed E-state index contributed by atoms with van der Waals surface area (Å²) in [6.07, 6.45) is 3.59. The summed E-state index contributed by atoms with van der Waals surface area (Å²) in [6, 6.07) is 15.6. The smallest absolute Gasteiger partial charge is 0.0886 e. The van der Waals surface area contributed by atoms with E-state index in [-0.39, 0.29) is 0 Å². The number of nitrogens with zero attached hydrogens (tertiary/aromatic N) is 2. The monoisotopic (exact) mass is 276 g/mol. The van der Waals surface area contributed by atoms with Crippen LogP contribution >= 0.6 is 0 Å². The zero-order chi connectivity index (χ0) is 14.7. The van der Waals surface area contributed by atoms with Crippen molar-refractivity contribution in [3.8, 4) is 22.5 Å². The van der Waals surface area contributed by atoms with Gasteiger partial charge in [0.2, 0.25) is 0 Å². The summed E-state index contributed by atoms with van der Waals surface area (Å²) in [5, 5.41) is 3.12. The molecule has 0 unspecified atom stereocenters. The Kier molecular flexibility index (Phi) is 3.51. The van der Waals surface area contributed by atoms with E-state index in [0.717, 1.165) is 33.9 Å². The molecule has 0 saturated carbocycles. The average molecular weight is 276 g/mol. The van der Waals surface area contributed by atoms with Crippen molar-refractivity contribution in [3.05, 3.63) is 60.9 Å². The molecule has 0 bridgehead atoms. The van der Waals surface area contributed by atoms with Crippen molar-refractivity contribution in [3.63, 3.8) is 0 Å². The summed E-state index contributed by atoms with van der Waals surface area (Å²) in [4.78, 5) is 8.78. The van der Waals surface area contributed by atoms with E-state index in [2.05, 4.69) is 15.3 Å². The molecule has 0 spiro atoms. The van der Waals surface area contributed by atoms with Gasteiger partial charge in [0.25, 0.3) is 0 Å². The number of nitrogens with two attached hydrogens (primary N) is 1. The molecular weight excluding hydrogens is 260 g/mol.